The third kappa shape index (κ3) is 4.47. The highest BCUT2D eigenvalue weighted by Gasteiger charge is 2.33. The van der Waals surface area contributed by atoms with E-state index in [1.54, 1.807) is 0 Å². The van der Waals surface area contributed by atoms with Gasteiger partial charge in [0.1, 0.15) is 0 Å². The van der Waals surface area contributed by atoms with Crippen LogP contribution in [0.1, 0.15) is 30.9 Å². The number of carbonyl (C=O) groups is 1. The molecule has 1 heterocycles. The summed E-state index contributed by atoms with van der Waals surface area (Å²) in [5.41, 5.74) is -0.703. The SMILES string of the molecule is CC1(CNC(=O)Cc2ccccc2C(F)(F)F)CCNCC1. The number of piperidine rings is 1. The van der Waals surface area contributed by atoms with Gasteiger partial charge in [0.25, 0.3) is 0 Å². The van der Waals surface area contributed by atoms with Gasteiger partial charge in [-0.15, -0.1) is 0 Å². The van der Waals surface area contributed by atoms with Gasteiger partial charge in [-0.3, -0.25) is 4.79 Å². The Bertz CT molecular complexity index is 522. The van der Waals surface area contributed by atoms with E-state index < -0.39 is 11.7 Å². The van der Waals surface area contributed by atoms with Crippen molar-refractivity contribution in [3.8, 4) is 0 Å². The van der Waals surface area contributed by atoms with Gasteiger partial charge in [0.05, 0.1) is 12.0 Å². The van der Waals surface area contributed by atoms with Crippen molar-refractivity contribution >= 4 is 5.91 Å². The van der Waals surface area contributed by atoms with E-state index in [0.29, 0.717) is 6.54 Å². The molecule has 0 spiro atoms. The second-order valence-electron chi connectivity index (χ2n) is 6.17. The quantitative estimate of drug-likeness (QED) is 0.897. The Hall–Kier alpha value is -1.56. The van der Waals surface area contributed by atoms with Crippen LogP contribution in [0.5, 0.6) is 0 Å². The molecule has 0 unspecified atom stereocenters. The number of benzene rings is 1. The summed E-state index contributed by atoms with van der Waals surface area (Å²) in [4.78, 5) is 12.0. The largest absolute Gasteiger partial charge is 0.416 e. The molecule has 22 heavy (non-hydrogen) atoms. The molecule has 3 nitrogen and oxygen atoms in total. The van der Waals surface area contributed by atoms with E-state index in [9.17, 15) is 18.0 Å². The summed E-state index contributed by atoms with van der Waals surface area (Å²) in [7, 11) is 0. The first-order valence-electron chi connectivity index (χ1n) is 7.43. The maximum absolute atomic E-state index is 12.9. The van der Waals surface area contributed by atoms with Crippen LogP contribution in [-0.4, -0.2) is 25.5 Å². The number of amides is 1. The average molecular weight is 314 g/mol. The molecule has 1 aliphatic heterocycles. The van der Waals surface area contributed by atoms with Crippen LogP contribution < -0.4 is 10.6 Å². The van der Waals surface area contributed by atoms with E-state index in [1.807, 2.05) is 0 Å². The van der Waals surface area contributed by atoms with Crippen molar-refractivity contribution in [1.29, 1.82) is 0 Å². The maximum atomic E-state index is 12.9. The average Bonchev–Trinajstić information content (AvgIpc) is 2.46. The van der Waals surface area contributed by atoms with Crippen molar-refractivity contribution in [2.24, 2.45) is 5.41 Å². The molecule has 1 fully saturated rings. The number of rotatable bonds is 4. The Labute approximate surface area is 128 Å². The van der Waals surface area contributed by atoms with Crippen molar-refractivity contribution < 1.29 is 18.0 Å². The van der Waals surface area contributed by atoms with Crippen molar-refractivity contribution in [3.63, 3.8) is 0 Å². The van der Waals surface area contributed by atoms with Crippen LogP contribution in [0.25, 0.3) is 0 Å². The normalized spacial score (nSPS) is 18.0. The Morgan fingerprint density at radius 1 is 1.27 bits per heavy atom. The topological polar surface area (TPSA) is 41.1 Å². The lowest BCUT2D eigenvalue weighted by Gasteiger charge is -2.34. The second-order valence-corrected chi connectivity index (χ2v) is 6.17. The fourth-order valence-electron chi connectivity index (χ4n) is 2.71. The Balaban J connectivity index is 1.95. The van der Waals surface area contributed by atoms with Gasteiger partial charge in [-0.2, -0.15) is 13.2 Å². The van der Waals surface area contributed by atoms with Gasteiger partial charge < -0.3 is 10.6 Å². The highest BCUT2D eigenvalue weighted by molar-refractivity contribution is 5.79. The van der Waals surface area contributed by atoms with E-state index in [-0.39, 0.29) is 23.3 Å². The molecule has 0 bridgehead atoms. The molecule has 122 valence electrons. The lowest BCUT2D eigenvalue weighted by Crippen LogP contribution is -2.43. The van der Waals surface area contributed by atoms with Crippen LogP contribution >= 0.6 is 0 Å². The standard InChI is InChI=1S/C16H21F3N2O/c1-15(6-8-20-9-7-15)11-21-14(22)10-12-4-2-3-5-13(12)16(17,18)19/h2-5,20H,6-11H2,1H3,(H,21,22). The van der Waals surface area contributed by atoms with Crippen LogP contribution in [-0.2, 0) is 17.4 Å². The van der Waals surface area contributed by atoms with E-state index >= 15 is 0 Å². The zero-order chi connectivity index (χ0) is 16.2. The van der Waals surface area contributed by atoms with Crippen molar-refractivity contribution in [2.75, 3.05) is 19.6 Å². The van der Waals surface area contributed by atoms with E-state index in [2.05, 4.69) is 17.6 Å². The molecule has 6 heteroatoms. The summed E-state index contributed by atoms with van der Waals surface area (Å²) in [6.45, 7) is 4.41. The molecule has 0 saturated carbocycles. The number of carbonyl (C=O) groups excluding carboxylic acids is 1. The molecule has 1 aromatic rings. The number of halogens is 3. The summed E-state index contributed by atoms with van der Waals surface area (Å²) in [6, 6.07) is 5.22. The molecule has 1 saturated heterocycles. The lowest BCUT2D eigenvalue weighted by atomic mass is 9.81. The molecule has 1 amide bonds. The predicted octanol–water partition coefficient (Wildman–Crippen LogP) is 2.75. The lowest BCUT2D eigenvalue weighted by molar-refractivity contribution is -0.138. The summed E-state index contributed by atoms with van der Waals surface area (Å²) in [5.74, 6) is -0.364. The third-order valence-electron chi connectivity index (χ3n) is 4.20. The summed E-state index contributed by atoms with van der Waals surface area (Å²) in [5, 5.41) is 6.04. The van der Waals surface area contributed by atoms with Gasteiger partial charge in [-0.25, -0.2) is 0 Å². The Morgan fingerprint density at radius 3 is 2.55 bits per heavy atom. The molecule has 0 radical (unpaired) electrons. The summed E-state index contributed by atoms with van der Waals surface area (Å²) in [6.07, 6.45) is -2.78. The Kier molecular flexibility index (Phi) is 5.11. The van der Waals surface area contributed by atoms with Crippen LogP contribution in [0, 0.1) is 5.41 Å². The van der Waals surface area contributed by atoms with Crippen LogP contribution in [0.4, 0.5) is 13.2 Å². The molecule has 2 N–H and O–H groups in total. The molecule has 1 aromatic carbocycles. The second kappa shape index (κ2) is 6.69. The van der Waals surface area contributed by atoms with Crippen LogP contribution in [0.3, 0.4) is 0 Å². The molecule has 0 aliphatic carbocycles. The fraction of sp³-hybridized carbons (Fsp3) is 0.562. The van der Waals surface area contributed by atoms with Crippen molar-refractivity contribution in [2.45, 2.75) is 32.4 Å². The van der Waals surface area contributed by atoms with E-state index in [1.165, 1.54) is 18.2 Å². The fourth-order valence-corrected chi connectivity index (χ4v) is 2.71. The molecule has 0 aromatic heterocycles. The minimum absolute atomic E-state index is 0.0166. The highest BCUT2D eigenvalue weighted by Crippen LogP contribution is 2.32. The predicted molar refractivity (Wildman–Crippen MR) is 78.4 cm³/mol. The highest BCUT2D eigenvalue weighted by atomic mass is 19.4. The zero-order valence-corrected chi connectivity index (χ0v) is 12.6. The van der Waals surface area contributed by atoms with Gasteiger partial charge >= 0.3 is 6.18 Å². The Morgan fingerprint density at radius 2 is 1.91 bits per heavy atom. The minimum atomic E-state index is -4.43. The summed E-state index contributed by atoms with van der Waals surface area (Å²) >= 11 is 0. The number of alkyl halides is 3. The van der Waals surface area contributed by atoms with Crippen LogP contribution in [0.15, 0.2) is 24.3 Å². The van der Waals surface area contributed by atoms with Gasteiger partial charge in [0.15, 0.2) is 0 Å². The number of nitrogens with one attached hydrogen (secondary N) is 2. The molecular formula is C16H21F3N2O. The van der Waals surface area contributed by atoms with Gasteiger partial charge in [-0.1, -0.05) is 25.1 Å². The van der Waals surface area contributed by atoms with Crippen molar-refractivity contribution in [3.05, 3.63) is 35.4 Å². The third-order valence-corrected chi connectivity index (χ3v) is 4.20. The van der Waals surface area contributed by atoms with Gasteiger partial charge in [0.2, 0.25) is 5.91 Å². The first kappa shape index (κ1) is 16.8. The zero-order valence-electron chi connectivity index (χ0n) is 12.6. The smallest absolute Gasteiger partial charge is 0.355 e. The first-order chi connectivity index (χ1) is 10.3. The maximum Gasteiger partial charge on any atom is 0.416 e. The van der Waals surface area contributed by atoms with Gasteiger partial charge in [0, 0.05) is 6.54 Å². The van der Waals surface area contributed by atoms with Crippen molar-refractivity contribution in [1.82, 2.24) is 10.6 Å². The van der Waals surface area contributed by atoms with E-state index in [4.69, 9.17) is 0 Å². The van der Waals surface area contributed by atoms with Gasteiger partial charge in [-0.05, 0) is 43.0 Å². The van der Waals surface area contributed by atoms with Crippen LogP contribution in [0.2, 0.25) is 0 Å². The van der Waals surface area contributed by atoms with E-state index in [0.717, 1.165) is 32.0 Å². The number of hydrogen-bond donors (Lipinski definition) is 2. The molecular weight excluding hydrogens is 293 g/mol. The summed E-state index contributed by atoms with van der Waals surface area (Å²) < 4.78 is 38.7. The molecule has 2 rings (SSSR count). The minimum Gasteiger partial charge on any atom is -0.355 e. The number of hydrogen-bond acceptors (Lipinski definition) is 2. The monoisotopic (exact) mass is 314 g/mol. The molecule has 1 aliphatic rings. The molecule has 0 atom stereocenters. The first-order valence-corrected chi connectivity index (χ1v) is 7.43.